The number of esters is 1. The number of aliphatic carboxylic acids is 1. The Bertz CT molecular complexity index is 1850. The first-order valence-electron chi connectivity index (χ1n) is 19.8. The third-order valence-corrected chi connectivity index (χ3v) is 10.2. The van der Waals surface area contributed by atoms with Gasteiger partial charge in [-0.2, -0.15) is 0 Å². The van der Waals surface area contributed by atoms with Crippen LogP contribution in [0.4, 0.5) is 0 Å². The molecule has 10 heteroatoms. The van der Waals surface area contributed by atoms with E-state index in [0.29, 0.717) is 55.4 Å². The standard InChI is InChI=1S/C46H54N2O8/c1-4-7-28-54-42(51)30-40-39(29-41(49)50)43(45(52)47(26-5-2)31-33-18-22-37(23-19-33)55-35-14-10-8-11-15-35)44(40)46(53)48(27-6-3)32-34-20-24-38(25-21-34)56-36-16-12-9-13-17-36/h8-25,39-40,43-44H,4-7,26-32H2,1-3H3,(H,49,50)/t39-,40-,43-,44-/m1/s1. The van der Waals surface area contributed by atoms with Crippen LogP contribution in [0.2, 0.25) is 0 Å². The number of carboxylic acids is 1. The second-order valence-electron chi connectivity index (χ2n) is 14.4. The van der Waals surface area contributed by atoms with Crippen molar-refractivity contribution in [3.05, 3.63) is 120 Å². The van der Waals surface area contributed by atoms with Crippen LogP contribution in [-0.4, -0.2) is 58.4 Å². The summed E-state index contributed by atoms with van der Waals surface area (Å²) in [5, 5.41) is 10.1. The van der Waals surface area contributed by atoms with Crippen LogP contribution >= 0.6 is 0 Å². The lowest BCUT2D eigenvalue weighted by atomic mass is 9.53. The van der Waals surface area contributed by atoms with Crippen LogP contribution in [0, 0.1) is 23.7 Å². The third kappa shape index (κ3) is 11.4. The molecule has 0 radical (unpaired) electrons. The Labute approximate surface area is 330 Å². The maximum atomic E-state index is 14.8. The smallest absolute Gasteiger partial charge is 0.306 e. The minimum absolute atomic E-state index is 0.135. The summed E-state index contributed by atoms with van der Waals surface area (Å²) in [7, 11) is 0. The molecule has 4 aromatic carbocycles. The molecule has 0 spiro atoms. The monoisotopic (exact) mass is 762 g/mol. The number of carboxylic acid groups (broad SMARTS) is 1. The molecule has 5 rings (SSSR count). The molecule has 2 amide bonds. The van der Waals surface area contributed by atoms with E-state index < -0.39 is 35.6 Å². The number of para-hydroxylation sites is 2. The molecule has 1 fully saturated rings. The van der Waals surface area contributed by atoms with Crippen LogP contribution in [0.1, 0.15) is 70.4 Å². The van der Waals surface area contributed by atoms with Gasteiger partial charge in [-0.25, -0.2) is 0 Å². The van der Waals surface area contributed by atoms with E-state index in [-0.39, 0.29) is 44.4 Å². The van der Waals surface area contributed by atoms with E-state index in [4.69, 9.17) is 14.2 Å². The Morgan fingerprint density at radius 3 is 1.36 bits per heavy atom. The second kappa shape index (κ2) is 20.9. The van der Waals surface area contributed by atoms with Crippen molar-refractivity contribution < 1.29 is 38.5 Å². The number of carbonyl (C=O) groups is 4. The number of ether oxygens (including phenoxy) is 3. The van der Waals surface area contributed by atoms with E-state index >= 15 is 0 Å². The minimum atomic E-state index is -1.08. The van der Waals surface area contributed by atoms with E-state index in [1.807, 2.05) is 130 Å². The fraction of sp³-hybridized carbons (Fsp3) is 0.391. The van der Waals surface area contributed by atoms with Crippen molar-refractivity contribution in [3.63, 3.8) is 0 Å². The molecule has 56 heavy (non-hydrogen) atoms. The quantitative estimate of drug-likeness (QED) is 0.0659. The average molecular weight is 763 g/mol. The molecule has 0 aliphatic heterocycles. The Morgan fingerprint density at radius 1 is 0.554 bits per heavy atom. The minimum Gasteiger partial charge on any atom is -0.481 e. The molecule has 0 heterocycles. The van der Waals surface area contributed by atoms with Crippen molar-refractivity contribution in [3.8, 4) is 23.0 Å². The number of nitrogens with zero attached hydrogens (tertiary/aromatic N) is 2. The first kappa shape index (κ1) is 41.5. The van der Waals surface area contributed by atoms with Gasteiger partial charge in [0, 0.05) is 39.0 Å². The molecular weight excluding hydrogens is 709 g/mol. The van der Waals surface area contributed by atoms with E-state index in [0.717, 1.165) is 17.5 Å². The summed E-state index contributed by atoms with van der Waals surface area (Å²) in [6.07, 6.45) is 2.40. The highest BCUT2D eigenvalue weighted by molar-refractivity contribution is 5.91. The van der Waals surface area contributed by atoms with E-state index in [2.05, 4.69) is 0 Å². The van der Waals surface area contributed by atoms with Crippen LogP contribution < -0.4 is 9.47 Å². The molecular formula is C46H54N2O8. The zero-order valence-corrected chi connectivity index (χ0v) is 32.7. The molecule has 1 aliphatic rings. The van der Waals surface area contributed by atoms with Gasteiger partial charge < -0.3 is 29.1 Å². The topological polar surface area (TPSA) is 123 Å². The van der Waals surface area contributed by atoms with Gasteiger partial charge in [-0.15, -0.1) is 0 Å². The van der Waals surface area contributed by atoms with Crippen molar-refractivity contribution in [2.24, 2.45) is 23.7 Å². The SMILES string of the molecule is CCCCOC(=O)C[C@@H]1[C@@H](CC(=O)O)[C@@H](C(=O)N(CCC)Cc2ccc(Oc3ccccc3)cc2)[C@@H]1C(=O)N(CCC)Cc1ccc(Oc2ccccc2)cc1. The number of carbonyl (C=O) groups excluding carboxylic acids is 3. The highest BCUT2D eigenvalue weighted by Crippen LogP contribution is 2.52. The number of unbranched alkanes of at least 4 members (excludes halogenated alkanes) is 1. The highest BCUT2D eigenvalue weighted by Gasteiger charge is 2.59. The van der Waals surface area contributed by atoms with Gasteiger partial charge in [0.05, 0.1) is 18.4 Å². The summed E-state index contributed by atoms with van der Waals surface area (Å²) >= 11 is 0. The Kier molecular flexibility index (Phi) is 15.5. The van der Waals surface area contributed by atoms with Crippen molar-refractivity contribution in [2.45, 2.75) is 72.4 Å². The number of hydrogen-bond donors (Lipinski definition) is 1. The molecule has 296 valence electrons. The fourth-order valence-electron chi connectivity index (χ4n) is 7.44. The van der Waals surface area contributed by atoms with Crippen LogP contribution in [0.25, 0.3) is 0 Å². The molecule has 0 saturated heterocycles. The van der Waals surface area contributed by atoms with Gasteiger partial charge >= 0.3 is 11.9 Å². The first-order chi connectivity index (χ1) is 27.2. The summed E-state index contributed by atoms with van der Waals surface area (Å²) in [6.45, 7) is 7.59. The van der Waals surface area contributed by atoms with Crippen LogP contribution in [-0.2, 0) is 37.0 Å². The number of rotatable bonds is 21. The molecule has 1 N–H and O–H groups in total. The molecule has 10 nitrogen and oxygen atoms in total. The van der Waals surface area contributed by atoms with Crippen molar-refractivity contribution in [2.75, 3.05) is 19.7 Å². The predicted octanol–water partition coefficient (Wildman–Crippen LogP) is 9.14. The first-order valence-corrected chi connectivity index (χ1v) is 19.8. The third-order valence-electron chi connectivity index (χ3n) is 10.2. The second-order valence-corrected chi connectivity index (χ2v) is 14.4. The van der Waals surface area contributed by atoms with Gasteiger partial charge in [0.25, 0.3) is 0 Å². The lowest BCUT2D eigenvalue weighted by molar-refractivity contribution is -0.175. The Hall–Kier alpha value is -5.64. The number of hydrogen-bond acceptors (Lipinski definition) is 7. The molecule has 4 aromatic rings. The molecule has 0 unspecified atom stereocenters. The summed E-state index contributed by atoms with van der Waals surface area (Å²) < 4.78 is 17.4. The normalized spacial score (nSPS) is 17.3. The maximum absolute atomic E-state index is 14.8. The van der Waals surface area contributed by atoms with Crippen molar-refractivity contribution in [1.82, 2.24) is 9.80 Å². The Balaban J connectivity index is 1.40. The summed E-state index contributed by atoms with van der Waals surface area (Å²) in [5.41, 5.74) is 1.74. The van der Waals surface area contributed by atoms with Crippen LogP contribution in [0.5, 0.6) is 23.0 Å². The molecule has 1 aliphatic carbocycles. The van der Waals surface area contributed by atoms with Crippen molar-refractivity contribution >= 4 is 23.8 Å². The van der Waals surface area contributed by atoms with Crippen molar-refractivity contribution in [1.29, 1.82) is 0 Å². The summed E-state index contributed by atoms with van der Waals surface area (Å²) in [6, 6.07) is 34.0. The van der Waals surface area contributed by atoms with Gasteiger partial charge in [0.1, 0.15) is 23.0 Å². The van der Waals surface area contributed by atoms with Crippen LogP contribution in [0.15, 0.2) is 109 Å². The molecule has 0 bridgehead atoms. The molecule has 1 saturated carbocycles. The predicted molar refractivity (Wildman–Crippen MR) is 214 cm³/mol. The van der Waals surface area contributed by atoms with Gasteiger partial charge in [0.2, 0.25) is 11.8 Å². The van der Waals surface area contributed by atoms with Gasteiger partial charge in [-0.05, 0) is 90.8 Å². The lowest BCUT2D eigenvalue weighted by Crippen LogP contribution is -2.61. The largest absolute Gasteiger partial charge is 0.481 e. The zero-order chi connectivity index (χ0) is 39.9. The fourth-order valence-corrected chi connectivity index (χ4v) is 7.44. The Morgan fingerprint density at radius 2 is 0.964 bits per heavy atom. The maximum Gasteiger partial charge on any atom is 0.306 e. The number of benzene rings is 4. The molecule has 4 atom stereocenters. The highest BCUT2D eigenvalue weighted by atomic mass is 16.5. The van der Waals surface area contributed by atoms with E-state index in [1.54, 1.807) is 9.80 Å². The lowest BCUT2D eigenvalue weighted by Gasteiger charge is -2.52. The average Bonchev–Trinajstić information content (AvgIpc) is 3.20. The van der Waals surface area contributed by atoms with Crippen LogP contribution in [0.3, 0.4) is 0 Å². The van der Waals surface area contributed by atoms with Gasteiger partial charge in [-0.3, -0.25) is 19.2 Å². The number of amides is 2. The summed E-state index contributed by atoms with van der Waals surface area (Å²) in [4.78, 5) is 58.4. The van der Waals surface area contributed by atoms with Gasteiger partial charge in [0.15, 0.2) is 0 Å². The van der Waals surface area contributed by atoms with Gasteiger partial charge in [-0.1, -0.05) is 87.9 Å². The van der Waals surface area contributed by atoms with E-state index in [9.17, 15) is 24.3 Å². The molecule has 0 aromatic heterocycles. The van der Waals surface area contributed by atoms with E-state index in [1.165, 1.54) is 0 Å². The summed E-state index contributed by atoms with van der Waals surface area (Å²) in [5.74, 6) is -2.56. The zero-order valence-electron chi connectivity index (χ0n) is 32.7.